The number of hydrogen-bond donors (Lipinski definition) is 1. The predicted octanol–water partition coefficient (Wildman–Crippen LogP) is 1.12. The molecule has 2 aliphatic rings. The van der Waals surface area contributed by atoms with Crippen LogP contribution in [0.4, 0.5) is 0 Å². The van der Waals surface area contributed by atoms with Crippen molar-refractivity contribution in [2.75, 3.05) is 6.54 Å². The maximum atomic E-state index is 12.0. The van der Waals surface area contributed by atoms with Gasteiger partial charge in [-0.15, -0.1) is 0 Å². The first kappa shape index (κ1) is 9.97. The Kier molecular flexibility index (Phi) is 2.30. The van der Waals surface area contributed by atoms with Crippen LogP contribution in [0.15, 0.2) is 0 Å². The van der Waals surface area contributed by atoms with Gasteiger partial charge in [0.05, 0.1) is 5.54 Å². The molecule has 0 aromatic carbocycles. The summed E-state index contributed by atoms with van der Waals surface area (Å²) in [5.74, 6) is 0.746. The first-order valence-corrected chi connectivity index (χ1v) is 5.63. The van der Waals surface area contributed by atoms with Crippen LogP contribution >= 0.6 is 0 Å². The number of carbonyl (C=O) groups excluding carboxylic acids is 1. The van der Waals surface area contributed by atoms with Crippen LogP contribution in [0.1, 0.15) is 39.5 Å². The monoisotopic (exact) mass is 196 g/mol. The molecule has 0 atom stereocenters. The fourth-order valence-corrected chi connectivity index (χ4v) is 1.81. The average Bonchev–Trinajstić information content (AvgIpc) is 2.93. The molecule has 3 heteroatoms. The first-order chi connectivity index (χ1) is 6.53. The standard InChI is InChI=1S/C11H20N2O/c1-8(2)7-13(9-3-4-9)10(14)11(12)5-6-11/h8-9H,3-7,12H2,1-2H3. The third-order valence-corrected chi connectivity index (χ3v) is 3.02. The van der Waals surface area contributed by atoms with E-state index in [1.54, 1.807) is 0 Å². The van der Waals surface area contributed by atoms with Crippen molar-refractivity contribution in [3.63, 3.8) is 0 Å². The molecule has 0 aromatic heterocycles. The summed E-state index contributed by atoms with van der Waals surface area (Å²) < 4.78 is 0. The maximum absolute atomic E-state index is 12.0. The minimum Gasteiger partial charge on any atom is -0.338 e. The normalized spacial score (nSPS) is 23.7. The van der Waals surface area contributed by atoms with E-state index in [0.29, 0.717) is 12.0 Å². The van der Waals surface area contributed by atoms with E-state index in [-0.39, 0.29) is 5.91 Å². The fraction of sp³-hybridized carbons (Fsp3) is 0.909. The Morgan fingerprint density at radius 3 is 2.43 bits per heavy atom. The maximum Gasteiger partial charge on any atom is 0.242 e. The van der Waals surface area contributed by atoms with Crippen molar-refractivity contribution in [3.8, 4) is 0 Å². The van der Waals surface area contributed by atoms with Crippen molar-refractivity contribution >= 4 is 5.91 Å². The number of carbonyl (C=O) groups is 1. The van der Waals surface area contributed by atoms with Crippen LogP contribution in [0.5, 0.6) is 0 Å². The zero-order valence-electron chi connectivity index (χ0n) is 9.12. The number of amides is 1. The molecular formula is C11H20N2O. The summed E-state index contributed by atoms with van der Waals surface area (Å²) in [6.07, 6.45) is 4.11. The number of nitrogens with zero attached hydrogens (tertiary/aromatic N) is 1. The van der Waals surface area contributed by atoms with Gasteiger partial charge in [-0.05, 0) is 31.6 Å². The Hall–Kier alpha value is -0.570. The van der Waals surface area contributed by atoms with Crippen LogP contribution in [-0.2, 0) is 4.79 Å². The third kappa shape index (κ3) is 1.92. The molecule has 0 radical (unpaired) electrons. The molecule has 0 unspecified atom stereocenters. The van der Waals surface area contributed by atoms with E-state index in [1.807, 2.05) is 4.90 Å². The summed E-state index contributed by atoms with van der Waals surface area (Å²) in [6.45, 7) is 5.18. The second-order valence-electron chi connectivity index (χ2n) is 5.24. The molecule has 1 amide bonds. The van der Waals surface area contributed by atoms with Gasteiger partial charge in [-0.1, -0.05) is 13.8 Å². The molecule has 0 aromatic rings. The highest BCUT2D eigenvalue weighted by molar-refractivity contribution is 5.89. The van der Waals surface area contributed by atoms with Gasteiger partial charge < -0.3 is 10.6 Å². The highest BCUT2D eigenvalue weighted by atomic mass is 16.2. The fourth-order valence-electron chi connectivity index (χ4n) is 1.81. The number of nitrogens with two attached hydrogens (primary N) is 1. The zero-order valence-corrected chi connectivity index (χ0v) is 9.12. The lowest BCUT2D eigenvalue weighted by molar-refractivity contribution is -0.134. The van der Waals surface area contributed by atoms with Gasteiger partial charge in [0.25, 0.3) is 0 Å². The summed E-state index contributed by atoms with van der Waals surface area (Å²) >= 11 is 0. The zero-order chi connectivity index (χ0) is 10.3. The Morgan fingerprint density at radius 2 is 2.07 bits per heavy atom. The molecular weight excluding hydrogens is 176 g/mol. The smallest absolute Gasteiger partial charge is 0.242 e. The lowest BCUT2D eigenvalue weighted by Gasteiger charge is -2.27. The Labute approximate surface area is 85.6 Å². The van der Waals surface area contributed by atoms with E-state index < -0.39 is 5.54 Å². The minimum atomic E-state index is -0.475. The van der Waals surface area contributed by atoms with E-state index in [0.717, 1.165) is 19.4 Å². The minimum absolute atomic E-state index is 0.203. The van der Waals surface area contributed by atoms with Crippen molar-refractivity contribution in [2.45, 2.75) is 51.1 Å². The molecule has 0 heterocycles. The summed E-state index contributed by atoms with van der Waals surface area (Å²) in [4.78, 5) is 14.1. The molecule has 2 saturated carbocycles. The lowest BCUT2D eigenvalue weighted by atomic mass is 10.1. The summed E-state index contributed by atoms with van der Waals surface area (Å²) in [5.41, 5.74) is 5.47. The third-order valence-electron chi connectivity index (χ3n) is 3.02. The van der Waals surface area contributed by atoms with Gasteiger partial charge in [-0.3, -0.25) is 4.79 Å². The van der Waals surface area contributed by atoms with E-state index in [9.17, 15) is 4.79 Å². The van der Waals surface area contributed by atoms with Gasteiger partial charge in [-0.2, -0.15) is 0 Å². The Morgan fingerprint density at radius 1 is 1.50 bits per heavy atom. The van der Waals surface area contributed by atoms with Crippen LogP contribution in [0, 0.1) is 5.92 Å². The molecule has 2 fully saturated rings. The van der Waals surface area contributed by atoms with Crippen molar-refractivity contribution in [2.24, 2.45) is 11.7 Å². The Balaban J connectivity index is 1.98. The highest BCUT2D eigenvalue weighted by Gasteiger charge is 2.50. The van der Waals surface area contributed by atoms with Gasteiger partial charge >= 0.3 is 0 Å². The SMILES string of the molecule is CC(C)CN(C(=O)C1(N)CC1)C1CC1. The summed E-state index contributed by atoms with van der Waals surface area (Å²) in [7, 11) is 0. The number of rotatable bonds is 4. The molecule has 0 bridgehead atoms. The molecule has 2 N–H and O–H groups in total. The molecule has 0 spiro atoms. The van der Waals surface area contributed by atoms with Crippen LogP contribution in [-0.4, -0.2) is 28.9 Å². The highest BCUT2D eigenvalue weighted by Crippen LogP contribution is 2.38. The van der Waals surface area contributed by atoms with Crippen LogP contribution in [0.2, 0.25) is 0 Å². The molecule has 2 aliphatic carbocycles. The second kappa shape index (κ2) is 3.23. The largest absolute Gasteiger partial charge is 0.338 e. The van der Waals surface area contributed by atoms with Crippen LogP contribution in [0.25, 0.3) is 0 Å². The lowest BCUT2D eigenvalue weighted by Crippen LogP contribution is -2.48. The van der Waals surface area contributed by atoms with Crippen molar-refractivity contribution in [1.82, 2.24) is 4.90 Å². The topological polar surface area (TPSA) is 46.3 Å². The molecule has 80 valence electrons. The quantitative estimate of drug-likeness (QED) is 0.732. The van der Waals surface area contributed by atoms with Gasteiger partial charge in [0.2, 0.25) is 5.91 Å². The summed E-state index contributed by atoms with van der Waals surface area (Å²) in [6, 6.07) is 0.505. The van der Waals surface area contributed by atoms with Gasteiger partial charge in [0.15, 0.2) is 0 Å². The second-order valence-corrected chi connectivity index (χ2v) is 5.24. The summed E-state index contributed by atoms with van der Waals surface area (Å²) in [5, 5.41) is 0. The average molecular weight is 196 g/mol. The van der Waals surface area contributed by atoms with E-state index in [2.05, 4.69) is 13.8 Å². The van der Waals surface area contributed by atoms with E-state index in [4.69, 9.17) is 5.73 Å². The molecule has 14 heavy (non-hydrogen) atoms. The molecule has 2 rings (SSSR count). The predicted molar refractivity (Wildman–Crippen MR) is 55.7 cm³/mol. The van der Waals surface area contributed by atoms with Crippen LogP contribution < -0.4 is 5.73 Å². The molecule has 3 nitrogen and oxygen atoms in total. The van der Waals surface area contributed by atoms with E-state index in [1.165, 1.54) is 12.8 Å². The van der Waals surface area contributed by atoms with Crippen molar-refractivity contribution < 1.29 is 4.79 Å². The first-order valence-electron chi connectivity index (χ1n) is 5.63. The molecule has 0 aliphatic heterocycles. The van der Waals surface area contributed by atoms with Crippen molar-refractivity contribution in [1.29, 1.82) is 0 Å². The number of hydrogen-bond acceptors (Lipinski definition) is 2. The van der Waals surface area contributed by atoms with Gasteiger partial charge in [0.1, 0.15) is 0 Å². The van der Waals surface area contributed by atoms with Gasteiger partial charge in [-0.25, -0.2) is 0 Å². The van der Waals surface area contributed by atoms with Gasteiger partial charge in [0, 0.05) is 12.6 Å². The molecule has 0 saturated heterocycles. The van der Waals surface area contributed by atoms with E-state index >= 15 is 0 Å². The Bertz CT molecular complexity index is 242. The van der Waals surface area contributed by atoms with Crippen molar-refractivity contribution in [3.05, 3.63) is 0 Å². The van der Waals surface area contributed by atoms with Crippen LogP contribution in [0.3, 0.4) is 0 Å².